The number of hydrogen-bond acceptors (Lipinski definition) is 4. The highest BCUT2D eigenvalue weighted by molar-refractivity contribution is 9.10. The van der Waals surface area contributed by atoms with Crippen LogP contribution in [0.3, 0.4) is 0 Å². The molecule has 140 valence electrons. The third-order valence-corrected chi connectivity index (χ3v) is 6.79. The van der Waals surface area contributed by atoms with Crippen molar-refractivity contribution in [1.29, 1.82) is 0 Å². The van der Waals surface area contributed by atoms with Gasteiger partial charge in [-0.1, -0.05) is 34.0 Å². The average molecular weight is 467 g/mol. The Morgan fingerprint density at radius 3 is 2.93 bits per heavy atom. The van der Waals surface area contributed by atoms with E-state index in [2.05, 4.69) is 21.2 Å². The predicted molar refractivity (Wildman–Crippen MR) is 113 cm³/mol. The summed E-state index contributed by atoms with van der Waals surface area (Å²) in [6.07, 6.45) is 3.94. The van der Waals surface area contributed by atoms with E-state index in [9.17, 15) is 9.59 Å². The van der Waals surface area contributed by atoms with Crippen LogP contribution < -0.4 is 10.9 Å². The quantitative estimate of drug-likeness (QED) is 0.567. The van der Waals surface area contributed by atoms with E-state index in [1.54, 1.807) is 16.7 Å². The number of nitrogens with one attached hydrogen (secondary N) is 1. The number of aromatic nitrogens is 2. The molecule has 1 aliphatic rings. The van der Waals surface area contributed by atoms with Crippen LogP contribution in [0.25, 0.3) is 10.2 Å². The zero-order valence-electron chi connectivity index (χ0n) is 14.6. The van der Waals surface area contributed by atoms with Crippen LogP contribution >= 0.6 is 38.9 Å². The Morgan fingerprint density at radius 1 is 1.33 bits per heavy atom. The Labute approximate surface area is 173 Å². The van der Waals surface area contributed by atoms with E-state index < -0.39 is 0 Å². The summed E-state index contributed by atoms with van der Waals surface area (Å²) in [5.74, 6) is 0.550. The van der Waals surface area contributed by atoms with Crippen molar-refractivity contribution in [3.05, 3.63) is 54.3 Å². The van der Waals surface area contributed by atoms with E-state index in [0.717, 1.165) is 36.0 Å². The summed E-state index contributed by atoms with van der Waals surface area (Å²) in [4.78, 5) is 31.7. The fourth-order valence-electron chi connectivity index (χ4n) is 3.40. The molecule has 0 saturated carbocycles. The highest BCUT2D eigenvalue weighted by atomic mass is 79.9. The summed E-state index contributed by atoms with van der Waals surface area (Å²) in [6.45, 7) is 2.51. The van der Waals surface area contributed by atoms with Crippen LogP contribution in [0.5, 0.6) is 0 Å². The lowest BCUT2D eigenvalue weighted by atomic mass is 10.2. The Morgan fingerprint density at radius 2 is 2.15 bits per heavy atom. The van der Waals surface area contributed by atoms with Crippen LogP contribution in [-0.2, 0) is 13.0 Å². The predicted octanol–water partition coefficient (Wildman–Crippen LogP) is 5.16. The van der Waals surface area contributed by atoms with Crippen molar-refractivity contribution in [2.45, 2.75) is 39.2 Å². The molecular formula is C19H17BrClN3O2S. The van der Waals surface area contributed by atoms with Crippen molar-refractivity contribution in [2.75, 3.05) is 5.32 Å². The lowest BCUT2D eigenvalue weighted by molar-refractivity contribution is 0.103. The van der Waals surface area contributed by atoms with Gasteiger partial charge in [0, 0.05) is 17.4 Å². The number of carbonyl (C=O) groups is 1. The largest absolute Gasteiger partial charge is 0.320 e. The summed E-state index contributed by atoms with van der Waals surface area (Å²) in [5.41, 5.74) is 1.17. The fourth-order valence-corrected chi connectivity index (χ4v) is 5.20. The van der Waals surface area contributed by atoms with Crippen molar-refractivity contribution in [1.82, 2.24) is 9.55 Å². The molecule has 1 amide bonds. The molecule has 0 fully saturated rings. The van der Waals surface area contributed by atoms with Crippen molar-refractivity contribution in [3.63, 3.8) is 0 Å². The maximum Gasteiger partial charge on any atom is 0.266 e. The number of aryl methyl sites for hydroxylation is 2. The lowest BCUT2D eigenvalue weighted by Crippen LogP contribution is -2.24. The summed E-state index contributed by atoms with van der Waals surface area (Å²) in [5, 5.41) is 3.84. The van der Waals surface area contributed by atoms with Gasteiger partial charge in [-0.3, -0.25) is 14.2 Å². The molecule has 1 aliphatic heterocycles. The fraction of sp³-hybridized carbons (Fsp3) is 0.316. The molecule has 5 nitrogen and oxygen atoms in total. The van der Waals surface area contributed by atoms with Gasteiger partial charge in [0.05, 0.1) is 21.0 Å². The molecule has 3 aromatic rings. The molecule has 2 aromatic heterocycles. The smallest absolute Gasteiger partial charge is 0.266 e. The van der Waals surface area contributed by atoms with Gasteiger partial charge in [0.25, 0.3) is 11.5 Å². The summed E-state index contributed by atoms with van der Waals surface area (Å²) >= 11 is 10.8. The first-order valence-electron chi connectivity index (χ1n) is 8.75. The molecule has 3 heterocycles. The van der Waals surface area contributed by atoms with E-state index in [1.807, 2.05) is 13.0 Å². The molecule has 1 aromatic carbocycles. The van der Waals surface area contributed by atoms with Gasteiger partial charge in [0.15, 0.2) is 0 Å². The molecule has 0 saturated heterocycles. The van der Waals surface area contributed by atoms with E-state index in [4.69, 9.17) is 16.6 Å². The van der Waals surface area contributed by atoms with E-state index >= 15 is 0 Å². The van der Waals surface area contributed by atoms with Gasteiger partial charge in [-0.25, -0.2) is 4.98 Å². The molecule has 0 aliphatic carbocycles. The Bertz CT molecular complexity index is 1120. The van der Waals surface area contributed by atoms with E-state index in [0.29, 0.717) is 37.9 Å². The number of rotatable bonds is 2. The average Bonchev–Trinajstić information content (AvgIpc) is 2.79. The summed E-state index contributed by atoms with van der Waals surface area (Å²) < 4.78 is 2.62. The SMILES string of the molecule is Cc1c(C(=O)Nc2ccc(Br)cc2Cl)sc2nc3n(c(=O)c12)CCCCC3. The minimum absolute atomic E-state index is 0.0358. The van der Waals surface area contributed by atoms with E-state index in [-0.39, 0.29) is 11.5 Å². The number of hydrogen-bond donors (Lipinski definition) is 1. The number of anilines is 1. The summed E-state index contributed by atoms with van der Waals surface area (Å²) in [7, 11) is 0. The molecule has 0 atom stereocenters. The Balaban J connectivity index is 1.76. The second-order valence-corrected chi connectivity index (χ2v) is 8.93. The first kappa shape index (κ1) is 18.7. The Hall–Kier alpha value is -1.70. The number of carbonyl (C=O) groups excluding carboxylic acids is 1. The third kappa shape index (κ3) is 3.44. The molecule has 8 heteroatoms. The van der Waals surface area contributed by atoms with Gasteiger partial charge in [0.2, 0.25) is 0 Å². The third-order valence-electron chi connectivity index (χ3n) is 4.80. The van der Waals surface area contributed by atoms with Crippen molar-refractivity contribution >= 4 is 60.7 Å². The minimum Gasteiger partial charge on any atom is -0.320 e. The monoisotopic (exact) mass is 465 g/mol. The van der Waals surface area contributed by atoms with Crippen molar-refractivity contribution in [3.8, 4) is 0 Å². The van der Waals surface area contributed by atoms with Crippen molar-refractivity contribution in [2.24, 2.45) is 0 Å². The van der Waals surface area contributed by atoms with Crippen LogP contribution in [0.4, 0.5) is 5.69 Å². The Kier molecular flexibility index (Phi) is 5.09. The maximum atomic E-state index is 13.0. The molecule has 0 bridgehead atoms. The molecule has 0 spiro atoms. The van der Waals surface area contributed by atoms with Crippen LogP contribution in [0.15, 0.2) is 27.5 Å². The minimum atomic E-state index is -0.278. The van der Waals surface area contributed by atoms with E-state index in [1.165, 1.54) is 11.3 Å². The number of fused-ring (bicyclic) bond motifs is 2. The van der Waals surface area contributed by atoms with Gasteiger partial charge in [-0.15, -0.1) is 11.3 Å². The zero-order valence-corrected chi connectivity index (χ0v) is 17.8. The second kappa shape index (κ2) is 7.37. The lowest BCUT2D eigenvalue weighted by Gasteiger charge is -2.08. The number of nitrogens with zero attached hydrogens (tertiary/aromatic N) is 2. The summed E-state index contributed by atoms with van der Waals surface area (Å²) in [6, 6.07) is 5.27. The van der Waals surface area contributed by atoms with Gasteiger partial charge >= 0.3 is 0 Å². The van der Waals surface area contributed by atoms with Crippen molar-refractivity contribution < 1.29 is 4.79 Å². The van der Waals surface area contributed by atoms with Gasteiger partial charge in [0.1, 0.15) is 10.7 Å². The number of amides is 1. The van der Waals surface area contributed by atoms with Crippen LogP contribution in [0, 0.1) is 6.92 Å². The standard InChI is InChI=1S/C19H17BrClN3O2S/c1-10-15-18(23-14-5-3-2-4-8-24(14)19(15)26)27-16(10)17(25)22-13-7-6-11(20)9-12(13)21/h6-7,9H,2-5,8H2,1H3,(H,22,25). The molecule has 0 radical (unpaired) electrons. The number of halogens is 2. The molecular weight excluding hydrogens is 450 g/mol. The topological polar surface area (TPSA) is 64.0 Å². The van der Waals surface area contributed by atoms with Crippen LogP contribution in [-0.4, -0.2) is 15.5 Å². The van der Waals surface area contributed by atoms with Gasteiger partial charge < -0.3 is 5.32 Å². The first-order chi connectivity index (χ1) is 13.0. The number of benzene rings is 1. The molecule has 1 N–H and O–H groups in total. The first-order valence-corrected chi connectivity index (χ1v) is 10.7. The van der Waals surface area contributed by atoms with Gasteiger partial charge in [-0.2, -0.15) is 0 Å². The highest BCUT2D eigenvalue weighted by Crippen LogP contribution is 2.31. The van der Waals surface area contributed by atoms with Crippen LogP contribution in [0.1, 0.15) is 40.3 Å². The van der Waals surface area contributed by atoms with Gasteiger partial charge in [-0.05, 0) is 43.5 Å². The maximum absolute atomic E-state index is 13.0. The second-order valence-electron chi connectivity index (χ2n) is 6.61. The normalized spacial score (nSPS) is 14.0. The number of thiophene rings is 1. The molecule has 4 rings (SSSR count). The van der Waals surface area contributed by atoms with Crippen LogP contribution in [0.2, 0.25) is 5.02 Å². The highest BCUT2D eigenvalue weighted by Gasteiger charge is 2.22. The zero-order chi connectivity index (χ0) is 19.1. The molecule has 27 heavy (non-hydrogen) atoms. The molecule has 0 unspecified atom stereocenters.